The zero-order chi connectivity index (χ0) is 12.6. The van der Waals surface area contributed by atoms with Crippen molar-refractivity contribution in [2.45, 2.75) is 31.8 Å². The Morgan fingerprint density at radius 3 is 2.53 bits per heavy atom. The maximum Gasteiger partial charge on any atom is 0.341 e. The summed E-state index contributed by atoms with van der Waals surface area (Å²) in [5.74, 6) is -1.56. The Labute approximate surface area is 98.1 Å². The number of carbonyl (C=O) groups excluding carboxylic acids is 3. The second kappa shape index (κ2) is 3.84. The lowest BCUT2D eigenvalue weighted by Crippen LogP contribution is -2.22. The predicted molar refractivity (Wildman–Crippen MR) is 56.7 cm³/mol. The molecule has 0 bridgehead atoms. The van der Waals surface area contributed by atoms with Crippen LogP contribution >= 0.6 is 0 Å². The van der Waals surface area contributed by atoms with E-state index in [4.69, 9.17) is 4.74 Å². The summed E-state index contributed by atoms with van der Waals surface area (Å²) in [5, 5.41) is 0. The molecule has 90 valence electrons. The number of ether oxygens (including phenoxy) is 2. The largest absolute Gasteiger partial charge is 0.455 e. The summed E-state index contributed by atoms with van der Waals surface area (Å²) < 4.78 is 9.56. The topological polar surface area (TPSA) is 69.7 Å². The molecule has 2 heterocycles. The van der Waals surface area contributed by atoms with Crippen LogP contribution in [0.25, 0.3) is 0 Å². The first-order chi connectivity index (χ1) is 7.89. The van der Waals surface area contributed by atoms with Crippen LogP contribution in [0.5, 0.6) is 0 Å². The third kappa shape index (κ3) is 2.27. The summed E-state index contributed by atoms with van der Waals surface area (Å²) in [6, 6.07) is 0. The van der Waals surface area contributed by atoms with E-state index in [9.17, 15) is 14.4 Å². The van der Waals surface area contributed by atoms with E-state index < -0.39 is 23.5 Å². The van der Waals surface area contributed by atoms with Crippen LogP contribution in [0, 0.1) is 0 Å². The molecule has 5 heteroatoms. The maximum atomic E-state index is 11.2. The fourth-order valence-electron chi connectivity index (χ4n) is 1.90. The zero-order valence-corrected chi connectivity index (χ0v) is 9.45. The van der Waals surface area contributed by atoms with Gasteiger partial charge < -0.3 is 9.47 Å². The van der Waals surface area contributed by atoms with E-state index in [1.807, 2.05) is 0 Å². The van der Waals surface area contributed by atoms with E-state index in [0.29, 0.717) is 24.0 Å². The van der Waals surface area contributed by atoms with Crippen molar-refractivity contribution in [2.75, 3.05) is 0 Å². The van der Waals surface area contributed by atoms with Gasteiger partial charge in [-0.25, -0.2) is 9.59 Å². The molecule has 1 atom stereocenters. The summed E-state index contributed by atoms with van der Waals surface area (Å²) in [6.45, 7) is 5.36. The quantitative estimate of drug-likeness (QED) is 0.407. The fraction of sp³-hybridized carbons (Fsp3) is 0.417. The Kier molecular flexibility index (Phi) is 2.61. The van der Waals surface area contributed by atoms with Gasteiger partial charge in [0.25, 0.3) is 0 Å². The van der Waals surface area contributed by atoms with Gasteiger partial charge in [-0.2, -0.15) is 0 Å². The minimum atomic E-state index is -0.674. The van der Waals surface area contributed by atoms with Gasteiger partial charge >= 0.3 is 17.9 Å². The number of carbonyl (C=O) groups is 3. The van der Waals surface area contributed by atoms with E-state index in [-0.39, 0.29) is 6.42 Å². The molecule has 0 amide bonds. The highest BCUT2D eigenvalue weighted by molar-refractivity contribution is 6.05. The van der Waals surface area contributed by atoms with Crippen LogP contribution in [-0.2, 0) is 23.9 Å². The van der Waals surface area contributed by atoms with Crippen molar-refractivity contribution in [3.05, 3.63) is 23.8 Å². The lowest BCUT2D eigenvalue weighted by molar-refractivity contribution is -0.151. The van der Waals surface area contributed by atoms with Crippen LogP contribution < -0.4 is 0 Å². The van der Waals surface area contributed by atoms with E-state index in [0.717, 1.165) is 0 Å². The SMILES string of the molecule is C=C1CC(C)(C/C=C2\CC(=O)OC2=O)OC1=O. The zero-order valence-electron chi connectivity index (χ0n) is 9.45. The highest BCUT2D eigenvalue weighted by Crippen LogP contribution is 2.33. The number of rotatable bonds is 2. The molecule has 17 heavy (non-hydrogen) atoms. The predicted octanol–water partition coefficient (Wildman–Crippen LogP) is 1.04. The van der Waals surface area contributed by atoms with Gasteiger partial charge in [-0.15, -0.1) is 0 Å². The Morgan fingerprint density at radius 1 is 1.35 bits per heavy atom. The van der Waals surface area contributed by atoms with E-state index in [1.54, 1.807) is 13.0 Å². The van der Waals surface area contributed by atoms with Crippen LogP contribution in [-0.4, -0.2) is 23.5 Å². The standard InChI is InChI=1S/C12H12O5/c1-7-6-12(2,17-10(7)14)4-3-8-5-9(13)16-11(8)15/h3H,1,4-6H2,2H3/b8-3+. The van der Waals surface area contributed by atoms with Gasteiger partial charge in [0, 0.05) is 24.0 Å². The van der Waals surface area contributed by atoms with Gasteiger partial charge in [0.2, 0.25) is 0 Å². The van der Waals surface area contributed by atoms with Gasteiger partial charge in [0.1, 0.15) is 5.60 Å². The molecule has 5 nitrogen and oxygen atoms in total. The average Bonchev–Trinajstić information content (AvgIpc) is 2.66. The van der Waals surface area contributed by atoms with E-state index in [2.05, 4.69) is 11.3 Å². The molecule has 0 aromatic rings. The van der Waals surface area contributed by atoms with Crippen LogP contribution in [0.3, 0.4) is 0 Å². The highest BCUT2D eigenvalue weighted by Gasteiger charge is 2.38. The first-order valence-corrected chi connectivity index (χ1v) is 5.25. The van der Waals surface area contributed by atoms with Crippen molar-refractivity contribution >= 4 is 17.9 Å². The van der Waals surface area contributed by atoms with Crippen molar-refractivity contribution in [1.82, 2.24) is 0 Å². The second-order valence-corrected chi connectivity index (χ2v) is 4.49. The van der Waals surface area contributed by atoms with Gasteiger partial charge in [-0.05, 0) is 6.92 Å². The minimum absolute atomic E-state index is 0.0101. The Hall–Kier alpha value is -1.91. The molecule has 0 radical (unpaired) electrons. The first-order valence-electron chi connectivity index (χ1n) is 5.25. The molecule has 0 aromatic carbocycles. The third-order valence-corrected chi connectivity index (χ3v) is 2.80. The summed E-state index contributed by atoms with van der Waals surface area (Å²) in [4.78, 5) is 33.3. The van der Waals surface area contributed by atoms with Gasteiger partial charge in [0.05, 0.1) is 6.42 Å². The molecular weight excluding hydrogens is 224 g/mol. The number of hydrogen-bond acceptors (Lipinski definition) is 5. The lowest BCUT2D eigenvalue weighted by atomic mass is 9.95. The number of cyclic esters (lactones) is 3. The van der Waals surface area contributed by atoms with Crippen molar-refractivity contribution in [3.63, 3.8) is 0 Å². The summed E-state index contributed by atoms with van der Waals surface area (Å²) in [7, 11) is 0. The van der Waals surface area contributed by atoms with Crippen LogP contribution in [0.4, 0.5) is 0 Å². The monoisotopic (exact) mass is 236 g/mol. The fourth-order valence-corrected chi connectivity index (χ4v) is 1.90. The van der Waals surface area contributed by atoms with Crippen LogP contribution in [0.1, 0.15) is 26.2 Å². The van der Waals surface area contributed by atoms with Gasteiger partial charge in [0.15, 0.2) is 0 Å². The molecule has 2 saturated heterocycles. The summed E-state index contributed by atoms with van der Waals surface area (Å²) >= 11 is 0. The van der Waals surface area contributed by atoms with Gasteiger partial charge in [-0.1, -0.05) is 12.7 Å². The molecule has 0 saturated carbocycles. The molecule has 0 aromatic heterocycles. The molecule has 1 unspecified atom stereocenters. The maximum absolute atomic E-state index is 11.2. The van der Waals surface area contributed by atoms with E-state index >= 15 is 0 Å². The van der Waals surface area contributed by atoms with Gasteiger partial charge in [-0.3, -0.25) is 4.79 Å². The molecule has 2 aliphatic heterocycles. The average molecular weight is 236 g/mol. The smallest absolute Gasteiger partial charge is 0.341 e. The van der Waals surface area contributed by atoms with Crippen molar-refractivity contribution in [3.8, 4) is 0 Å². The van der Waals surface area contributed by atoms with Crippen LogP contribution in [0.2, 0.25) is 0 Å². The number of hydrogen-bond donors (Lipinski definition) is 0. The molecule has 0 N–H and O–H groups in total. The summed E-state index contributed by atoms with van der Waals surface area (Å²) in [6.07, 6.45) is 2.39. The molecule has 2 rings (SSSR count). The Morgan fingerprint density at radius 2 is 2.06 bits per heavy atom. The van der Waals surface area contributed by atoms with Crippen molar-refractivity contribution in [1.29, 1.82) is 0 Å². The molecular formula is C12H12O5. The molecule has 0 aliphatic carbocycles. The normalized spacial score (nSPS) is 31.0. The third-order valence-electron chi connectivity index (χ3n) is 2.80. The molecule has 2 aliphatic rings. The van der Waals surface area contributed by atoms with Crippen molar-refractivity contribution in [2.24, 2.45) is 0 Å². The lowest BCUT2D eigenvalue weighted by Gasteiger charge is -2.19. The Bertz CT molecular complexity index is 442. The van der Waals surface area contributed by atoms with E-state index in [1.165, 1.54) is 0 Å². The Balaban J connectivity index is 2.06. The van der Waals surface area contributed by atoms with Crippen molar-refractivity contribution < 1.29 is 23.9 Å². The van der Waals surface area contributed by atoms with Crippen LogP contribution in [0.15, 0.2) is 23.8 Å². The second-order valence-electron chi connectivity index (χ2n) is 4.49. The highest BCUT2D eigenvalue weighted by atomic mass is 16.6. The molecule has 2 fully saturated rings. The number of esters is 3. The molecule has 0 spiro atoms. The summed E-state index contributed by atoms with van der Waals surface area (Å²) in [5.41, 5.74) is 0.0772. The first kappa shape index (κ1) is 11.6. The minimum Gasteiger partial charge on any atom is -0.455 e.